The Hall–Kier alpha value is -0.770. The predicted octanol–water partition coefficient (Wildman–Crippen LogP) is 2.68. The largest absolute Gasteiger partial charge is 0.383 e. The Kier molecular flexibility index (Phi) is 4.39. The van der Waals surface area contributed by atoms with Crippen molar-refractivity contribution in [1.29, 1.82) is 0 Å². The number of nitrogens with zero attached hydrogens (tertiary/aromatic N) is 2. The SMILES string of the molecule is CCc1nc(N)c(C)c(SCC(C)C)n1. The van der Waals surface area contributed by atoms with Gasteiger partial charge in [-0.1, -0.05) is 20.8 Å². The molecule has 4 heteroatoms. The molecular formula is C11H19N3S. The third kappa shape index (κ3) is 3.38. The Bertz CT molecular complexity index is 337. The lowest BCUT2D eigenvalue weighted by Gasteiger charge is -2.09. The average Bonchev–Trinajstić information content (AvgIpc) is 2.19. The smallest absolute Gasteiger partial charge is 0.131 e. The second-order valence-electron chi connectivity index (χ2n) is 4.01. The molecule has 84 valence electrons. The van der Waals surface area contributed by atoms with Crippen LogP contribution in [0.5, 0.6) is 0 Å². The Morgan fingerprint density at radius 3 is 2.53 bits per heavy atom. The van der Waals surface area contributed by atoms with Crippen LogP contribution >= 0.6 is 11.8 Å². The summed E-state index contributed by atoms with van der Waals surface area (Å²) in [5.41, 5.74) is 6.85. The second-order valence-corrected chi connectivity index (χ2v) is 5.02. The molecule has 0 bridgehead atoms. The maximum Gasteiger partial charge on any atom is 0.131 e. The highest BCUT2D eigenvalue weighted by molar-refractivity contribution is 7.99. The van der Waals surface area contributed by atoms with Gasteiger partial charge >= 0.3 is 0 Å². The topological polar surface area (TPSA) is 51.8 Å². The minimum atomic E-state index is 0.619. The molecular weight excluding hydrogens is 206 g/mol. The normalized spacial score (nSPS) is 11.0. The van der Waals surface area contributed by atoms with E-state index >= 15 is 0 Å². The molecule has 0 radical (unpaired) electrons. The molecule has 0 aliphatic heterocycles. The van der Waals surface area contributed by atoms with Crippen molar-refractivity contribution in [3.8, 4) is 0 Å². The number of anilines is 1. The lowest BCUT2D eigenvalue weighted by Crippen LogP contribution is -2.04. The fourth-order valence-electron chi connectivity index (χ4n) is 1.10. The monoisotopic (exact) mass is 225 g/mol. The highest BCUT2D eigenvalue weighted by Crippen LogP contribution is 2.25. The summed E-state index contributed by atoms with van der Waals surface area (Å²) in [6, 6.07) is 0. The Morgan fingerprint density at radius 2 is 2.00 bits per heavy atom. The van der Waals surface area contributed by atoms with Gasteiger partial charge in [0.05, 0.1) is 0 Å². The summed E-state index contributed by atoms with van der Waals surface area (Å²) in [7, 11) is 0. The molecule has 0 amide bonds. The predicted molar refractivity (Wildman–Crippen MR) is 66.1 cm³/mol. The van der Waals surface area contributed by atoms with Crippen LogP contribution in [0.15, 0.2) is 5.03 Å². The molecule has 0 saturated heterocycles. The van der Waals surface area contributed by atoms with E-state index in [1.807, 2.05) is 13.8 Å². The summed E-state index contributed by atoms with van der Waals surface area (Å²) < 4.78 is 0. The van der Waals surface area contributed by atoms with Gasteiger partial charge in [0.1, 0.15) is 16.7 Å². The third-order valence-electron chi connectivity index (χ3n) is 2.05. The van der Waals surface area contributed by atoms with Crippen LogP contribution in [-0.2, 0) is 6.42 Å². The number of nitrogen functional groups attached to an aromatic ring is 1. The first-order valence-electron chi connectivity index (χ1n) is 5.30. The molecule has 0 saturated carbocycles. The first-order valence-corrected chi connectivity index (χ1v) is 6.29. The van der Waals surface area contributed by atoms with Gasteiger partial charge in [0.15, 0.2) is 0 Å². The van der Waals surface area contributed by atoms with Crippen LogP contribution in [0.25, 0.3) is 0 Å². The number of hydrogen-bond donors (Lipinski definition) is 1. The molecule has 1 aromatic rings. The van der Waals surface area contributed by atoms with Gasteiger partial charge in [-0.05, 0) is 12.8 Å². The third-order valence-corrected chi connectivity index (χ3v) is 3.56. The highest BCUT2D eigenvalue weighted by Gasteiger charge is 2.08. The quantitative estimate of drug-likeness (QED) is 0.632. The Balaban J connectivity index is 2.90. The summed E-state index contributed by atoms with van der Waals surface area (Å²) in [5.74, 6) is 3.19. The lowest BCUT2D eigenvalue weighted by molar-refractivity contribution is 0.748. The molecule has 15 heavy (non-hydrogen) atoms. The van der Waals surface area contributed by atoms with E-state index in [1.165, 1.54) is 0 Å². The molecule has 1 rings (SSSR count). The second kappa shape index (κ2) is 5.35. The highest BCUT2D eigenvalue weighted by atomic mass is 32.2. The molecule has 0 fully saturated rings. The van der Waals surface area contributed by atoms with Crippen LogP contribution in [0.3, 0.4) is 0 Å². The van der Waals surface area contributed by atoms with E-state index < -0.39 is 0 Å². The van der Waals surface area contributed by atoms with E-state index in [0.717, 1.165) is 28.6 Å². The van der Waals surface area contributed by atoms with Crippen molar-refractivity contribution >= 4 is 17.6 Å². The van der Waals surface area contributed by atoms with Gasteiger partial charge < -0.3 is 5.73 Å². The summed E-state index contributed by atoms with van der Waals surface area (Å²) in [5, 5.41) is 1.04. The van der Waals surface area contributed by atoms with E-state index in [0.29, 0.717) is 11.7 Å². The molecule has 0 aromatic carbocycles. The Labute approximate surface area is 95.9 Å². The molecule has 0 atom stereocenters. The van der Waals surface area contributed by atoms with E-state index in [2.05, 4.69) is 23.8 Å². The number of aromatic nitrogens is 2. The van der Waals surface area contributed by atoms with Crippen LogP contribution in [0.4, 0.5) is 5.82 Å². The standard InChI is InChI=1S/C11H19N3S/c1-5-9-13-10(12)8(4)11(14-9)15-6-7(2)3/h7H,5-6H2,1-4H3,(H2,12,13,14). The number of nitrogens with two attached hydrogens (primary N) is 1. The number of rotatable bonds is 4. The van der Waals surface area contributed by atoms with Crippen molar-refractivity contribution in [1.82, 2.24) is 9.97 Å². The van der Waals surface area contributed by atoms with Crippen LogP contribution in [0.1, 0.15) is 32.2 Å². The van der Waals surface area contributed by atoms with Crippen molar-refractivity contribution in [3.05, 3.63) is 11.4 Å². The zero-order valence-electron chi connectivity index (χ0n) is 9.87. The minimum Gasteiger partial charge on any atom is -0.383 e. The minimum absolute atomic E-state index is 0.619. The lowest BCUT2D eigenvalue weighted by atomic mass is 10.3. The summed E-state index contributed by atoms with van der Waals surface area (Å²) >= 11 is 1.77. The average molecular weight is 225 g/mol. The maximum absolute atomic E-state index is 5.84. The Morgan fingerprint density at radius 1 is 1.33 bits per heavy atom. The van der Waals surface area contributed by atoms with E-state index in [-0.39, 0.29) is 0 Å². The van der Waals surface area contributed by atoms with Crippen LogP contribution in [0.2, 0.25) is 0 Å². The van der Waals surface area contributed by atoms with Crippen molar-refractivity contribution in [2.75, 3.05) is 11.5 Å². The number of thioether (sulfide) groups is 1. The van der Waals surface area contributed by atoms with Gasteiger partial charge in [-0.3, -0.25) is 0 Å². The first kappa shape index (κ1) is 12.3. The first-order chi connectivity index (χ1) is 7.04. The number of aryl methyl sites for hydroxylation is 1. The zero-order chi connectivity index (χ0) is 11.4. The van der Waals surface area contributed by atoms with Gasteiger partial charge in [0.25, 0.3) is 0 Å². The van der Waals surface area contributed by atoms with E-state index in [4.69, 9.17) is 5.73 Å². The van der Waals surface area contributed by atoms with Gasteiger partial charge in [-0.15, -0.1) is 11.8 Å². The number of hydrogen-bond acceptors (Lipinski definition) is 4. The summed E-state index contributed by atoms with van der Waals surface area (Å²) in [6.45, 7) is 8.43. The van der Waals surface area contributed by atoms with Crippen molar-refractivity contribution < 1.29 is 0 Å². The van der Waals surface area contributed by atoms with Crippen molar-refractivity contribution in [3.63, 3.8) is 0 Å². The van der Waals surface area contributed by atoms with Gasteiger partial charge in [-0.2, -0.15) is 0 Å². The molecule has 2 N–H and O–H groups in total. The maximum atomic E-state index is 5.84. The van der Waals surface area contributed by atoms with Gasteiger partial charge in [0, 0.05) is 17.7 Å². The van der Waals surface area contributed by atoms with Crippen molar-refractivity contribution in [2.45, 2.75) is 39.1 Å². The summed E-state index contributed by atoms with van der Waals surface area (Å²) in [4.78, 5) is 8.73. The van der Waals surface area contributed by atoms with Gasteiger partial charge in [0.2, 0.25) is 0 Å². The fourth-order valence-corrected chi connectivity index (χ4v) is 2.08. The molecule has 1 aromatic heterocycles. The molecule has 3 nitrogen and oxygen atoms in total. The van der Waals surface area contributed by atoms with E-state index in [9.17, 15) is 0 Å². The zero-order valence-corrected chi connectivity index (χ0v) is 10.7. The van der Waals surface area contributed by atoms with Gasteiger partial charge in [-0.25, -0.2) is 9.97 Å². The fraction of sp³-hybridized carbons (Fsp3) is 0.636. The molecule has 1 heterocycles. The van der Waals surface area contributed by atoms with Crippen LogP contribution < -0.4 is 5.73 Å². The molecule has 0 unspecified atom stereocenters. The van der Waals surface area contributed by atoms with Crippen molar-refractivity contribution in [2.24, 2.45) is 5.92 Å². The molecule has 0 spiro atoms. The molecule has 0 aliphatic rings. The molecule has 0 aliphatic carbocycles. The van der Waals surface area contributed by atoms with E-state index in [1.54, 1.807) is 11.8 Å². The van der Waals surface area contributed by atoms with Crippen LogP contribution in [-0.4, -0.2) is 15.7 Å². The van der Waals surface area contributed by atoms with Crippen LogP contribution in [0, 0.1) is 12.8 Å². The summed E-state index contributed by atoms with van der Waals surface area (Å²) in [6.07, 6.45) is 0.833.